The molecular formula is C38H51NO7S2. The van der Waals surface area contributed by atoms with Crippen molar-refractivity contribution < 1.29 is 33.6 Å². The molecule has 2 aromatic carbocycles. The maximum Gasteiger partial charge on any atom is 0.415 e. The highest BCUT2D eigenvalue weighted by atomic mass is 33.1. The second-order valence-corrected chi connectivity index (χ2v) is 17.0. The van der Waals surface area contributed by atoms with E-state index in [1.807, 2.05) is 27.8 Å². The molecule has 8 nitrogen and oxygen atoms in total. The zero-order valence-electron chi connectivity index (χ0n) is 28.2. The number of fused-ring (bicyclic) bond motifs is 5. The average Bonchev–Trinajstić information content (AvgIpc) is 3.43. The Balaban J connectivity index is 0.866. The summed E-state index contributed by atoms with van der Waals surface area (Å²) >= 11 is 0. The predicted octanol–water partition coefficient (Wildman–Crippen LogP) is 7.86. The average molecular weight is 698 g/mol. The summed E-state index contributed by atoms with van der Waals surface area (Å²) in [4.78, 5) is 15.1. The molecule has 7 atom stereocenters. The van der Waals surface area contributed by atoms with Crippen LogP contribution >= 0.6 is 21.6 Å². The van der Waals surface area contributed by atoms with E-state index in [2.05, 4.69) is 25.1 Å². The quantitative estimate of drug-likeness (QED) is 0.186. The first-order chi connectivity index (χ1) is 23.5. The minimum Gasteiger partial charge on any atom is -0.490 e. The molecule has 5 aliphatic rings. The fraction of sp³-hybridized carbons (Fsp3) is 0.658. The molecule has 2 heterocycles. The Morgan fingerprint density at radius 3 is 2.54 bits per heavy atom. The van der Waals surface area contributed by atoms with Crippen LogP contribution < -0.4 is 14.2 Å². The molecule has 2 unspecified atom stereocenters. The summed E-state index contributed by atoms with van der Waals surface area (Å²) in [5.74, 6) is 5.94. The van der Waals surface area contributed by atoms with Crippen molar-refractivity contribution in [1.82, 2.24) is 4.90 Å². The van der Waals surface area contributed by atoms with Crippen LogP contribution in [0.15, 0.2) is 42.5 Å². The van der Waals surface area contributed by atoms with Gasteiger partial charge >= 0.3 is 6.09 Å². The van der Waals surface area contributed by atoms with Gasteiger partial charge in [-0.25, -0.2) is 4.79 Å². The van der Waals surface area contributed by atoms with E-state index in [1.165, 1.54) is 30.4 Å². The molecule has 2 saturated heterocycles. The zero-order valence-corrected chi connectivity index (χ0v) is 29.8. The van der Waals surface area contributed by atoms with E-state index in [0.29, 0.717) is 55.6 Å². The van der Waals surface area contributed by atoms with Crippen LogP contribution in [0.3, 0.4) is 0 Å². The van der Waals surface area contributed by atoms with Gasteiger partial charge < -0.3 is 33.7 Å². The molecule has 0 aromatic heterocycles. The molecule has 2 saturated carbocycles. The molecule has 10 heteroatoms. The van der Waals surface area contributed by atoms with Crippen LogP contribution in [-0.4, -0.2) is 79.0 Å². The molecule has 0 bridgehead atoms. The second-order valence-electron chi connectivity index (χ2n) is 14.4. The largest absolute Gasteiger partial charge is 0.490 e. The van der Waals surface area contributed by atoms with Crippen LogP contribution in [0, 0.1) is 17.3 Å². The Bertz CT molecular complexity index is 1370. The van der Waals surface area contributed by atoms with Gasteiger partial charge in [-0.3, -0.25) is 0 Å². The number of aliphatic hydroxyl groups excluding tert-OH is 1. The van der Waals surface area contributed by atoms with Crippen molar-refractivity contribution in [2.75, 3.05) is 44.5 Å². The van der Waals surface area contributed by atoms with Crippen LogP contribution in [0.5, 0.6) is 17.2 Å². The number of hydrogen-bond donors (Lipinski definition) is 1. The van der Waals surface area contributed by atoms with Crippen molar-refractivity contribution in [3.63, 3.8) is 0 Å². The summed E-state index contributed by atoms with van der Waals surface area (Å²) in [6.07, 6.45) is 10.1. The van der Waals surface area contributed by atoms with Gasteiger partial charge in [-0.1, -0.05) is 34.6 Å². The third-order valence-electron chi connectivity index (χ3n) is 11.6. The Morgan fingerprint density at radius 2 is 1.75 bits per heavy atom. The summed E-state index contributed by atoms with van der Waals surface area (Å²) in [5.41, 5.74) is 3.04. The molecule has 3 aliphatic carbocycles. The van der Waals surface area contributed by atoms with Crippen molar-refractivity contribution in [2.24, 2.45) is 17.3 Å². The van der Waals surface area contributed by atoms with E-state index < -0.39 is 0 Å². The number of aliphatic hydroxyl groups is 1. The standard InChI is InChI=1S/C38H51NO7S2/c1-38-17-15-32-31-12-10-30(24-26(31)5-11-33(32)34(38)13-14-35(38)40)43-22-21-42-28-6-8-29(9-7-28)46-37(41)39(27-16-23-47-48-25-27)18-20-45-36-4-2-3-19-44-36/h6-10,12,24,27,32-36,40H,2-5,11,13-23,25H2,1H3/t27?,32-,33-,34+,35+,36?,38+/m1/s1. The van der Waals surface area contributed by atoms with Crippen molar-refractivity contribution >= 4 is 27.7 Å². The van der Waals surface area contributed by atoms with E-state index >= 15 is 0 Å². The first-order valence-electron chi connectivity index (χ1n) is 18.1. The molecule has 2 aromatic rings. The fourth-order valence-electron chi connectivity index (χ4n) is 8.95. The maximum atomic E-state index is 13.3. The smallest absolute Gasteiger partial charge is 0.415 e. The highest BCUT2D eigenvalue weighted by molar-refractivity contribution is 8.76. The maximum absolute atomic E-state index is 13.3. The first-order valence-corrected chi connectivity index (χ1v) is 20.6. The highest BCUT2D eigenvalue weighted by Crippen LogP contribution is 2.61. The second kappa shape index (κ2) is 15.8. The van der Waals surface area contributed by atoms with Gasteiger partial charge in [-0.05, 0) is 135 Å². The third kappa shape index (κ3) is 7.78. The number of rotatable bonds is 11. The van der Waals surface area contributed by atoms with Crippen LogP contribution in [0.2, 0.25) is 0 Å². The van der Waals surface area contributed by atoms with Gasteiger partial charge in [0.2, 0.25) is 0 Å². The number of carbonyl (C=O) groups excluding carboxylic acids is 1. The van der Waals surface area contributed by atoms with Gasteiger partial charge in [0.05, 0.1) is 12.7 Å². The zero-order chi connectivity index (χ0) is 32.9. The molecule has 1 N–H and O–H groups in total. The van der Waals surface area contributed by atoms with E-state index in [0.717, 1.165) is 68.8 Å². The molecule has 2 aliphatic heterocycles. The van der Waals surface area contributed by atoms with Crippen LogP contribution in [0.1, 0.15) is 81.8 Å². The SMILES string of the molecule is C[C@]12CC[C@@H]3c4ccc(OCCOc5ccc(OC(=O)N(CCOC6CCCCO6)C6CCSSC6)cc5)cc4CC[C@H]3[C@@H]1CC[C@@H]2O. The molecule has 4 fully saturated rings. The minimum absolute atomic E-state index is 0.112. The number of carbonyl (C=O) groups is 1. The van der Waals surface area contributed by atoms with Crippen molar-refractivity contribution in [3.8, 4) is 17.2 Å². The lowest BCUT2D eigenvalue weighted by Crippen LogP contribution is -2.46. The van der Waals surface area contributed by atoms with E-state index in [-0.39, 0.29) is 29.9 Å². The van der Waals surface area contributed by atoms with Crippen LogP contribution in [-0.2, 0) is 15.9 Å². The van der Waals surface area contributed by atoms with Crippen molar-refractivity contribution in [2.45, 2.75) is 95.5 Å². The minimum atomic E-state index is -0.345. The molecule has 48 heavy (non-hydrogen) atoms. The summed E-state index contributed by atoms with van der Waals surface area (Å²) < 4.78 is 29.5. The number of amides is 1. The molecular weight excluding hydrogens is 647 g/mol. The lowest BCUT2D eigenvalue weighted by molar-refractivity contribution is -0.164. The van der Waals surface area contributed by atoms with E-state index in [4.69, 9.17) is 23.7 Å². The Hall–Kier alpha value is -2.11. The normalized spacial score (nSPS) is 31.2. The monoisotopic (exact) mass is 697 g/mol. The number of benzene rings is 2. The summed E-state index contributed by atoms with van der Waals surface area (Å²) in [5, 5.41) is 10.7. The summed E-state index contributed by atoms with van der Waals surface area (Å²) in [7, 11) is 3.66. The Labute approximate surface area is 293 Å². The molecule has 0 radical (unpaired) electrons. The third-order valence-corrected chi connectivity index (χ3v) is 14.1. The lowest BCUT2D eigenvalue weighted by Gasteiger charge is -2.50. The van der Waals surface area contributed by atoms with Crippen molar-refractivity contribution in [3.05, 3.63) is 53.6 Å². The molecule has 7 rings (SSSR count). The number of aryl methyl sites for hydroxylation is 1. The topological polar surface area (TPSA) is 86.7 Å². The highest BCUT2D eigenvalue weighted by Gasteiger charge is 2.54. The predicted molar refractivity (Wildman–Crippen MR) is 190 cm³/mol. The Morgan fingerprint density at radius 1 is 0.938 bits per heavy atom. The van der Waals surface area contributed by atoms with Crippen molar-refractivity contribution in [1.29, 1.82) is 0 Å². The van der Waals surface area contributed by atoms with Crippen LogP contribution in [0.25, 0.3) is 0 Å². The molecule has 1 amide bonds. The van der Waals surface area contributed by atoms with E-state index in [9.17, 15) is 9.90 Å². The summed E-state index contributed by atoms with van der Waals surface area (Å²) in [6, 6.07) is 14.0. The Kier molecular flexibility index (Phi) is 11.3. The number of ether oxygens (including phenoxy) is 5. The van der Waals surface area contributed by atoms with Gasteiger partial charge in [0.1, 0.15) is 30.5 Å². The summed E-state index contributed by atoms with van der Waals surface area (Å²) in [6.45, 7) is 4.84. The van der Waals surface area contributed by atoms with Gasteiger partial charge in [0.15, 0.2) is 6.29 Å². The van der Waals surface area contributed by atoms with Gasteiger partial charge in [-0.2, -0.15) is 0 Å². The van der Waals surface area contributed by atoms with Gasteiger partial charge in [0, 0.05) is 30.7 Å². The van der Waals surface area contributed by atoms with Crippen LogP contribution in [0.4, 0.5) is 4.79 Å². The fourth-order valence-corrected chi connectivity index (χ4v) is 11.4. The molecule has 262 valence electrons. The van der Waals surface area contributed by atoms with Gasteiger partial charge in [-0.15, -0.1) is 0 Å². The van der Waals surface area contributed by atoms with E-state index in [1.54, 1.807) is 22.9 Å². The first kappa shape index (κ1) is 34.3. The lowest BCUT2D eigenvalue weighted by atomic mass is 9.55. The van der Waals surface area contributed by atoms with Gasteiger partial charge in [0.25, 0.3) is 0 Å². The molecule has 0 spiro atoms. The number of hydrogen-bond acceptors (Lipinski definition) is 9. The number of nitrogens with zero attached hydrogens (tertiary/aromatic N) is 1.